The van der Waals surface area contributed by atoms with Crippen LogP contribution in [0.1, 0.15) is 6.42 Å². The fraction of sp³-hybridized carbons (Fsp3) is 0.700. The molecule has 0 aromatic carbocycles. The Balaban J connectivity index is 2.16. The average molecular weight is 230 g/mol. The van der Waals surface area contributed by atoms with Crippen molar-refractivity contribution in [1.82, 2.24) is 10.6 Å². The van der Waals surface area contributed by atoms with Crippen molar-refractivity contribution in [1.29, 1.82) is 0 Å². The number of aliphatic carboxylic acids is 1. The van der Waals surface area contributed by atoms with Gasteiger partial charge < -0.3 is 15.7 Å². The highest BCUT2D eigenvalue weighted by molar-refractivity contribution is 7.99. The number of carboxylic acid groups (broad SMARTS) is 1. The maximum absolute atomic E-state index is 10.7. The van der Waals surface area contributed by atoms with E-state index in [2.05, 4.69) is 17.2 Å². The van der Waals surface area contributed by atoms with Gasteiger partial charge in [-0.3, -0.25) is 4.79 Å². The summed E-state index contributed by atoms with van der Waals surface area (Å²) in [5, 5.41) is 15.2. The fourth-order valence-electron chi connectivity index (χ4n) is 1.58. The van der Waals surface area contributed by atoms with E-state index >= 15 is 0 Å². The standard InChI is InChI=1S/C10H18N2O2S/c1-2-4-15-5-3-12-10(6-9(13)14)7-11-8-10/h2,11-12H,1,3-8H2,(H,13,14). The molecule has 1 saturated heterocycles. The highest BCUT2D eigenvalue weighted by Crippen LogP contribution is 2.15. The average Bonchev–Trinajstić information content (AvgIpc) is 2.12. The molecule has 1 aliphatic rings. The predicted molar refractivity (Wildman–Crippen MR) is 63.4 cm³/mol. The minimum atomic E-state index is -0.734. The molecule has 0 atom stereocenters. The molecule has 0 aromatic rings. The van der Waals surface area contributed by atoms with Gasteiger partial charge in [-0.25, -0.2) is 0 Å². The first kappa shape index (κ1) is 12.5. The first-order chi connectivity index (χ1) is 7.18. The lowest BCUT2D eigenvalue weighted by Gasteiger charge is -2.42. The van der Waals surface area contributed by atoms with Crippen LogP contribution < -0.4 is 10.6 Å². The van der Waals surface area contributed by atoms with E-state index < -0.39 is 5.97 Å². The molecular formula is C10H18N2O2S. The van der Waals surface area contributed by atoms with Gasteiger partial charge in [0, 0.05) is 31.1 Å². The minimum Gasteiger partial charge on any atom is -0.481 e. The Morgan fingerprint density at radius 2 is 2.40 bits per heavy atom. The van der Waals surface area contributed by atoms with Crippen LogP contribution in [-0.2, 0) is 4.79 Å². The van der Waals surface area contributed by atoms with Crippen LogP contribution in [0.5, 0.6) is 0 Å². The van der Waals surface area contributed by atoms with Crippen molar-refractivity contribution in [2.24, 2.45) is 0 Å². The van der Waals surface area contributed by atoms with E-state index in [4.69, 9.17) is 5.11 Å². The summed E-state index contributed by atoms with van der Waals surface area (Å²) < 4.78 is 0. The smallest absolute Gasteiger partial charge is 0.305 e. The van der Waals surface area contributed by atoms with E-state index in [9.17, 15) is 4.79 Å². The van der Waals surface area contributed by atoms with Gasteiger partial charge in [0.05, 0.1) is 12.0 Å². The summed E-state index contributed by atoms with van der Waals surface area (Å²) in [5.74, 6) is 1.21. The van der Waals surface area contributed by atoms with E-state index in [1.54, 1.807) is 11.8 Å². The largest absolute Gasteiger partial charge is 0.481 e. The summed E-state index contributed by atoms with van der Waals surface area (Å²) in [5.41, 5.74) is -0.208. The number of thioether (sulfide) groups is 1. The molecule has 0 aromatic heterocycles. The van der Waals surface area contributed by atoms with E-state index in [1.807, 2.05) is 6.08 Å². The lowest BCUT2D eigenvalue weighted by Crippen LogP contribution is -2.68. The second-order valence-electron chi connectivity index (χ2n) is 3.74. The van der Waals surface area contributed by atoms with Crippen molar-refractivity contribution < 1.29 is 9.90 Å². The molecule has 0 aliphatic carbocycles. The van der Waals surface area contributed by atoms with E-state index in [1.165, 1.54) is 0 Å². The van der Waals surface area contributed by atoms with Crippen LogP contribution in [0.25, 0.3) is 0 Å². The minimum absolute atomic E-state index is 0.201. The monoisotopic (exact) mass is 230 g/mol. The van der Waals surface area contributed by atoms with Crippen LogP contribution >= 0.6 is 11.8 Å². The summed E-state index contributed by atoms with van der Waals surface area (Å²) in [6.07, 6.45) is 2.08. The van der Waals surface area contributed by atoms with Gasteiger partial charge in [-0.2, -0.15) is 11.8 Å². The Kier molecular flexibility index (Phi) is 5.14. The maximum atomic E-state index is 10.7. The Bertz CT molecular complexity index is 229. The van der Waals surface area contributed by atoms with Crippen LogP contribution in [0.15, 0.2) is 12.7 Å². The topological polar surface area (TPSA) is 61.4 Å². The highest BCUT2D eigenvalue weighted by atomic mass is 32.2. The zero-order chi connectivity index (χ0) is 11.1. The third-order valence-electron chi connectivity index (χ3n) is 2.40. The van der Waals surface area contributed by atoms with Gasteiger partial charge in [-0.15, -0.1) is 6.58 Å². The lowest BCUT2D eigenvalue weighted by atomic mass is 9.88. The molecule has 1 rings (SSSR count). The Hall–Kier alpha value is -0.520. The quantitative estimate of drug-likeness (QED) is 0.414. The molecular weight excluding hydrogens is 212 g/mol. The Labute approximate surface area is 94.5 Å². The zero-order valence-corrected chi connectivity index (χ0v) is 9.61. The lowest BCUT2D eigenvalue weighted by molar-refractivity contribution is -0.139. The van der Waals surface area contributed by atoms with E-state index in [0.29, 0.717) is 0 Å². The van der Waals surface area contributed by atoms with Gasteiger partial charge in [-0.05, 0) is 0 Å². The summed E-state index contributed by atoms with van der Waals surface area (Å²) in [6.45, 7) is 6.01. The third-order valence-corrected chi connectivity index (χ3v) is 3.36. The van der Waals surface area contributed by atoms with Crippen molar-refractivity contribution in [3.05, 3.63) is 12.7 Å². The second kappa shape index (κ2) is 6.15. The number of carboxylic acids is 1. The van der Waals surface area contributed by atoms with Gasteiger partial charge in [-0.1, -0.05) is 6.08 Å². The predicted octanol–water partition coefficient (Wildman–Crippen LogP) is 0.312. The molecule has 0 saturated carbocycles. The molecule has 3 N–H and O–H groups in total. The molecule has 0 unspecified atom stereocenters. The number of hydrogen-bond acceptors (Lipinski definition) is 4. The van der Waals surface area contributed by atoms with E-state index in [0.717, 1.165) is 31.1 Å². The first-order valence-corrected chi connectivity index (χ1v) is 6.20. The van der Waals surface area contributed by atoms with Crippen LogP contribution in [0, 0.1) is 0 Å². The second-order valence-corrected chi connectivity index (χ2v) is 4.89. The molecule has 0 spiro atoms. The van der Waals surface area contributed by atoms with Gasteiger partial charge >= 0.3 is 5.97 Å². The summed E-state index contributed by atoms with van der Waals surface area (Å²) in [6, 6.07) is 0. The first-order valence-electron chi connectivity index (χ1n) is 5.05. The molecule has 0 amide bonds. The number of hydrogen-bond donors (Lipinski definition) is 3. The normalized spacial score (nSPS) is 18.1. The third kappa shape index (κ3) is 4.24. The molecule has 86 valence electrons. The molecule has 0 radical (unpaired) electrons. The maximum Gasteiger partial charge on any atom is 0.305 e. The van der Waals surface area contributed by atoms with Gasteiger partial charge in [0.1, 0.15) is 0 Å². The molecule has 1 aliphatic heterocycles. The van der Waals surface area contributed by atoms with Crippen molar-refractivity contribution in [2.75, 3.05) is 31.1 Å². The molecule has 0 bridgehead atoms. The number of rotatable bonds is 8. The van der Waals surface area contributed by atoms with Crippen molar-refractivity contribution in [3.8, 4) is 0 Å². The van der Waals surface area contributed by atoms with Crippen LogP contribution in [0.4, 0.5) is 0 Å². The summed E-state index contributed by atoms with van der Waals surface area (Å²) in [7, 11) is 0. The SMILES string of the molecule is C=CCSCCNC1(CC(=O)O)CNC1. The van der Waals surface area contributed by atoms with E-state index in [-0.39, 0.29) is 12.0 Å². The Morgan fingerprint density at radius 3 is 2.87 bits per heavy atom. The summed E-state index contributed by atoms with van der Waals surface area (Å²) in [4.78, 5) is 10.7. The number of carbonyl (C=O) groups is 1. The van der Waals surface area contributed by atoms with Gasteiger partial charge in [0.2, 0.25) is 0 Å². The van der Waals surface area contributed by atoms with Gasteiger partial charge in [0.25, 0.3) is 0 Å². The molecule has 5 heteroatoms. The fourth-order valence-corrected chi connectivity index (χ4v) is 2.16. The molecule has 4 nitrogen and oxygen atoms in total. The van der Waals surface area contributed by atoms with Crippen LogP contribution in [-0.4, -0.2) is 47.8 Å². The van der Waals surface area contributed by atoms with Crippen LogP contribution in [0.2, 0.25) is 0 Å². The van der Waals surface area contributed by atoms with Crippen molar-refractivity contribution >= 4 is 17.7 Å². The van der Waals surface area contributed by atoms with Crippen molar-refractivity contribution in [3.63, 3.8) is 0 Å². The van der Waals surface area contributed by atoms with Gasteiger partial charge in [0.15, 0.2) is 0 Å². The molecule has 15 heavy (non-hydrogen) atoms. The van der Waals surface area contributed by atoms with Crippen molar-refractivity contribution in [2.45, 2.75) is 12.0 Å². The molecule has 1 heterocycles. The highest BCUT2D eigenvalue weighted by Gasteiger charge is 2.38. The number of nitrogens with one attached hydrogen (secondary N) is 2. The zero-order valence-electron chi connectivity index (χ0n) is 8.79. The Morgan fingerprint density at radius 1 is 1.67 bits per heavy atom. The van der Waals surface area contributed by atoms with Crippen LogP contribution in [0.3, 0.4) is 0 Å². The molecule has 1 fully saturated rings. The summed E-state index contributed by atoms with van der Waals surface area (Å²) >= 11 is 1.80.